The number of hydrogen-bond donors (Lipinski definition) is 1. The number of allylic oxidation sites excluding steroid dienone is 3. The summed E-state index contributed by atoms with van der Waals surface area (Å²) in [5.74, 6) is 0.464. The van der Waals surface area contributed by atoms with Crippen LogP contribution in [0.15, 0.2) is 76.1 Å². The number of rotatable bonds is 8. The predicted molar refractivity (Wildman–Crippen MR) is 128 cm³/mol. The topological polar surface area (TPSA) is 100 Å². The molecule has 1 spiro atoms. The number of amides is 2. The predicted octanol–water partition coefficient (Wildman–Crippen LogP) is 3.54. The summed E-state index contributed by atoms with van der Waals surface area (Å²) in [6, 6.07) is 3.56. The van der Waals surface area contributed by atoms with Gasteiger partial charge in [0.25, 0.3) is 11.8 Å². The number of carbonyl (C=O) groups is 2. The summed E-state index contributed by atoms with van der Waals surface area (Å²) >= 11 is 0. The van der Waals surface area contributed by atoms with Gasteiger partial charge in [-0.1, -0.05) is 12.7 Å². The molecule has 170 valence electrons. The molecule has 1 saturated carbocycles. The first-order valence-corrected chi connectivity index (χ1v) is 11.0. The molecule has 3 heterocycles. The van der Waals surface area contributed by atoms with Gasteiger partial charge in [-0.15, -0.1) is 0 Å². The monoisotopic (exact) mass is 445 g/mol. The van der Waals surface area contributed by atoms with Gasteiger partial charge in [0.05, 0.1) is 12.4 Å². The van der Waals surface area contributed by atoms with Crippen LogP contribution in [0.1, 0.15) is 29.8 Å². The molecule has 8 heteroatoms. The third kappa shape index (κ3) is 5.52. The number of furan rings is 1. The fourth-order valence-corrected chi connectivity index (χ4v) is 4.29. The van der Waals surface area contributed by atoms with Crippen molar-refractivity contribution in [1.29, 1.82) is 0 Å². The number of hydrogen-bond acceptors (Lipinski definition) is 6. The van der Waals surface area contributed by atoms with E-state index < -0.39 is 0 Å². The van der Waals surface area contributed by atoms with Crippen LogP contribution >= 0.6 is 0 Å². The van der Waals surface area contributed by atoms with Gasteiger partial charge >= 0.3 is 0 Å². The van der Waals surface area contributed by atoms with E-state index in [0.29, 0.717) is 36.9 Å². The zero-order chi connectivity index (χ0) is 23.1. The lowest BCUT2D eigenvalue weighted by Crippen LogP contribution is -2.40. The number of aliphatic imine (C=N–C) groups is 2. The molecule has 33 heavy (non-hydrogen) atoms. The Kier molecular flexibility index (Phi) is 6.92. The number of likely N-dealkylation sites (tertiary alicyclic amines) is 1. The van der Waals surface area contributed by atoms with E-state index in [2.05, 4.69) is 26.9 Å². The Labute approximate surface area is 192 Å². The fourth-order valence-electron chi connectivity index (χ4n) is 4.29. The van der Waals surface area contributed by atoms with Gasteiger partial charge in [-0.3, -0.25) is 24.6 Å². The number of piperidine rings is 1. The summed E-state index contributed by atoms with van der Waals surface area (Å²) in [4.78, 5) is 38.7. The maximum atomic E-state index is 12.5. The molecule has 2 aromatic rings. The average Bonchev–Trinajstić information content (AvgIpc) is 3.30. The summed E-state index contributed by atoms with van der Waals surface area (Å²) in [6.07, 6.45) is 17.3. The van der Waals surface area contributed by atoms with E-state index in [1.54, 1.807) is 49.1 Å². The molecule has 4 rings (SSSR count). The summed E-state index contributed by atoms with van der Waals surface area (Å²) in [6.45, 7) is 5.60. The van der Waals surface area contributed by atoms with Crippen LogP contribution in [0.5, 0.6) is 0 Å². The molecule has 0 aromatic carbocycles. The van der Waals surface area contributed by atoms with E-state index in [0.717, 1.165) is 24.6 Å². The molecule has 1 saturated heterocycles. The Morgan fingerprint density at radius 1 is 1.27 bits per heavy atom. The number of aromatic nitrogens is 1. The van der Waals surface area contributed by atoms with Gasteiger partial charge in [0.1, 0.15) is 0 Å². The molecular weight excluding hydrogens is 418 g/mol. The number of nitrogens with one attached hydrogen (secondary N) is 1. The van der Waals surface area contributed by atoms with Gasteiger partial charge in [0.15, 0.2) is 11.3 Å². The molecule has 2 aliphatic rings. The highest BCUT2D eigenvalue weighted by Gasteiger charge is 2.54. The van der Waals surface area contributed by atoms with Crippen molar-refractivity contribution in [3.05, 3.63) is 67.5 Å². The quantitative estimate of drug-likeness (QED) is 0.496. The van der Waals surface area contributed by atoms with Crippen LogP contribution in [0.3, 0.4) is 0 Å². The average molecular weight is 446 g/mol. The largest absolute Gasteiger partial charge is 0.449 e. The summed E-state index contributed by atoms with van der Waals surface area (Å²) in [5, 5.41) is 3.86. The number of pyridine rings is 1. The minimum Gasteiger partial charge on any atom is -0.449 e. The van der Waals surface area contributed by atoms with Gasteiger partial charge in [0, 0.05) is 49.8 Å². The first-order chi connectivity index (χ1) is 16.1. The smallest absolute Gasteiger partial charge is 0.287 e. The fraction of sp³-hybridized carbons (Fsp3) is 0.320. The van der Waals surface area contributed by atoms with Gasteiger partial charge in [0.2, 0.25) is 0 Å². The van der Waals surface area contributed by atoms with Crippen LogP contribution in [-0.2, 0) is 4.79 Å². The number of fused-ring (bicyclic) bond motifs is 1. The van der Waals surface area contributed by atoms with E-state index in [4.69, 9.17) is 4.42 Å². The van der Waals surface area contributed by atoms with Crippen LogP contribution in [0.25, 0.3) is 11.0 Å². The maximum absolute atomic E-state index is 12.5. The molecule has 2 amide bonds. The molecule has 2 aromatic heterocycles. The van der Waals surface area contributed by atoms with Crippen LogP contribution in [0.2, 0.25) is 0 Å². The Morgan fingerprint density at radius 3 is 2.88 bits per heavy atom. The van der Waals surface area contributed by atoms with Gasteiger partial charge in [-0.2, -0.15) is 0 Å². The molecule has 1 aliphatic carbocycles. The van der Waals surface area contributed by atoms with Gasteiger partial charge in [-0.25, -0.2) is 0 Å². The molecule has 2 fully saturated rings. The molecule has 8 nitrogen and oxygen atoms in total. The minimum atomic E-state index is -0.202. The maximum Gasteiger partial charge on any atom is 0.287 e. The second-order valence-corrected chi connectivity index (χ2v) is 8.32. The lowest BCUT2D eigenvalue weighted by Gasteiger charge is -2.32. The highest BCUT2D eigenvalue weighted by atomic mass is 16.3. The third-order valence-electron chi connectivity index (χ3n) is 6.32. The minimum absolute atomic E-state index is 0.0807. The van der Waals surface area contributed by atoms with Crippen molar-refractivity contribution in [2.24, 2.45) is 21.3 Å². The van der Waals surface area contributed by atoms with Gasteiger partial charge in [-0.05, 0) is 54.9 Å². The Hall–Kier alpha value is -3.81. The SMILES string of the molecule is C=C/C=C/N=C\C=C\N=C\C(=O)N1CCC2(CC1)CC2CNC(=O)c1cc2ccncc2o1. The molecular formula is C25H27N5O3. The van der Waals surface area contributed by atoms with Crippen LogP contribution < -0.4 is 5.32 Å². The normalized spacial score (nSPS) is 20.0. The lowest BCUT2D eigenvalue weighted by atomic mass is 9.90. The van der Waals surface area contributed by atoms with Crippen molar-refractivity contribution in [2.75, 3.05) is 19.6 Å². The summed E-state index contributed by atoms with van der Waals surface area (Å²) in [5.41, 5.74) is 0.837. The summed E-state index contributed by atoms with van der Waals surface area (Å²) < 4.78 is 5.58. The van der Waals surface area contributed by atoms with Crippen molar-refractivity contribution in [2.45, 2.75) is 19.3 Å². The molecule has 1 unspecified atom stereocenters. The highest BCUT2D eigenvalue weighted by Crippen LogP contribution is 2.59. The van der Waals surface area contributed by atoms with Crippen LogP contribution in [-0.4, -0.2) is 53.8 Å². The van der Waals surface area contributed by atoms with Crippen LogP contribution in [0.4, 0.5) is 0 Å². The Bertz CT molecular complexity index is 1100. The molecule has 0 bridgehead atoms. The lowest BCUT2D eigenvalue weighted by molar-refractivity contribution is -0.125. The number of carbonyl (C=O) groups excluding carboxylic acids is 2. The van der Waals surface area contributed by atoms with Crippen molar-refractivity contribution in [1.82, 2.24) is 15.2 Å². The van der Waals surface area contributed by atoms with E-state index in [-0.39, 0.29) is 17.2 Å². The van der Waals surface area contributed by atoms with E-state index >= 15 is 0 Å². The second kappa shape index (κ2) is 10.2. The van der Waals surface area contributed by atoms with E-state index in [9.17, 15) is 9.59 Å². The standard InChI is InChI=1S/C25H27N5O3/c1-2-3-8-26-9-4-10-27-18-23(31)30-12-6-25(7-13-30)15-20(25)16-29-24(32)21-14-19-5-11-28-17-22(19)33-21/h2-5,8-11,14,17-18,20H,1,6-7,12-13,15-16H2,(H,29,32)/b8-3+,10-4+,26-9-,27-18+. The van der Waals surface area contributed by atoms with Crippen molar-refractivity contribution in [3.63, 3.8) is 0 Å². The highest BCUT2D eigenvalue weighted by molar-refractivity contribution is 6.26. The van der Waals surface area contributed by atoms with Crippen molar-refractivity contribution in [3.8, 4) is 0 Å². The molecule has 0 radical (unpaired) electrons. The third-order valence-corrected chi connectivity index (χ3v) is 6.32. The number of nitrogens with zero attached hydrogens (tertiary/aromatic N) is 4. The van der Waals surface area contributed by atoms with E-state index in [1.807, 2.05) is 11.0 Å². The first-order valence-electron chi connectivity index (χ1n) is 11.0. The van der Waals surface area contributed by atoms with Crippen molar-refractivity contribution >= 4 is 35.2 Å². The van der Waals surface area contributed by atoms with Crippen molar-refractivity contribution < 1.29 is 14.0 Å². The summed E-state index contributed by atoms with van der Waals surface area (Å²) in [7, 11) is 0. The molecule has 1 N–H and O–H groups in total. The van der Waals surface area contributed by atoms with E-state index in [1.165, 1.54) is 12.4 Å². The zero-order valence-electron chi connectivity index (χ0n) is 18.4. The first kappa shape index (κ1) is 22.4. The zero-order valence-corrected chi connectivity index (χ0v) is 18.4. The Balaban J connectivity index is 1.19. The van der Waals surface area contributed by atoms with Crippen LogP contribution in [0, 0.1) is 11.3 Å². The second-order valence-electron chi connectivity index (χ2n) is 8.32. The molecule has 1 aliphatic heterocycles. The Morgan fingerprint density at radius 2 is 2.09 bits per heavy atom. The molecule has 1 atom stereocenters. The van der Waals surface area contributed by atoms with Gasteiger partial charge < -0.3 is 14.6 Å².